The van der Waals surface area contributed by atoms with Crippen LogP contribution < -0.4 is 4.74 Å². The highest BCUT2D eigenvalue weighted by Crippen LogP contribution is 2.56. The van der Waals surface area contributed by atoms with Crippen LogP contribution in [-0.2, 0) is 0 Å². The van der Waals surface area contributed by atoms with Gasteiger partial charge >= 0.3 is 0 Å². The molecule has 2 fully saturated rings. The second kappa shape index (κ2) is 5.46. The summed E-state index contributed by atoms with van der Waals surface area (Å²) in [6.07, 6.45) is 7.87. The van der Waals surface area contributed by atoms with E-state index in [4.69, 9.17) is 27.9 Å². The van der Waals surface area contributed by atoms with Gasteiger partial charge in [0.15, 0.2) is 0 Å². The average molecular weight is 364 g/mol. The Morgan fingerprint density at radius 2 is 1.89 bits per heavy atom. The molecule has 0 saturated heterocycles. The number of alkyl halides is 1. The van der Waals surface area contributed by atoms with Gasteiger partial charge in [-0.15, -0.1) is 0 Å². The van der Waals surface area contributed by atoms with Gasteiger partial charge in [0.25, 0.3) is 0 Å². The number of benzene rings is 1. The van der Waals surface area contributed by atoms with Gasteiger partial charge in [0.05, 0.1) is 5.02 Å². The predicted molar refractivity (Wildman–Crippen MR) is 83.7 cm³/mol. The van der Waals surface area contributed by atoms with Gasteiger partial charge in [0, 0.05) is 15.3 Å². The highest BCUT2D eigenvalue weighted by molar-refractivity contribution is 9.09. The maximum atomic E-state index is 6.20. The maximum absolute atomic E-state index is 6.20. The van der Waals surface area contributed by atoms with E-state index in [1.807, 2.05) is 12.1 Å². The smallest absolute Gasteiger partial charge is 0.138 e. The van der Waals surface area contributed by atoms with Crippen molar-refractivity contribution in [3.8, 4) is 5.75 Å². The van der Waals surface area contributed by atoms with Crippen molar-refractivity contribution in [3.05, 3.63) is 28.2 Å². The first kappa shape index (κ1) is 14.0. The third kappa shape index (κ3) is 2.52. The van der Waals surface area contributed by atoms with Gasteiger partial charge in [-0.05, 0) is 37.5 Å². The molecule has 2 unspecified atom stereocenters. The fourth-order valence-corrected chi connectivity index (χ4v) is 4.98. The molecule has 0 aromatic heterocycles. The molecule has 0 heterocycles. The summed E-state index contributed by atoms with van der Waals surface area (Å²) in [7, 11) is 0. The second-order valence-corrected chi connectivity index (χ2v) is 7.63. The normalized spacial score (nSPS) is 29.0. The van der Waals surface area contributed by atoms with Gasteiger partial charge in [-0.3, -0.25) is 0 Å². The van der Waals surface area contributed by atoms with E-state index in [1.165, 1.54) is 32.1 Å². The van der Waals surface area contributed by atoms with E-state index in [2.05, 4.69) is 15.9 Å². The first-order valence-electron chi connectivity index (χ1n) is 6.87. The van der Waals surface area contributed by atoms with Gasteiger partial charge in [-0.1, -0.05) is 58.4 Å². The molecule has 0 radical (unpaired) electrons. The van der Waals surface area contributed by atoms with Gasteiger partial charge in [-0.25, -0.2) is 0 Å². The lowest BCUT2D eigenvalue weighted by molar-refractivity contribution is -0.0600. The lowest BCUT2D eigenvalue weighted by atomic mass is 9.58. The fourth-order valence-electron chi connectivity index (χ4n) is 3.43. The van der Waals surface area contributed by atoms with Crippen LogP contribution in [0.2, 0.25) is 10.0 Å². The van der Waals surface area contributed by atoms with Crippen molar-refractivity contribution in [2.45, 2.75) is 49.5 Å². The summed E-state index contributed by atoms with van der Waals surface area (Å²) >= 11 is 15.9. The molecule has 0 bridgehead atoms. The van der Waals surface area contributed by atoms with Crippen molar-refractivity contribution in [1.29, 1.82) is 0 Å². The van der Waals surface area contributed by atoms with E-state index in [0.29, 0.717) is 20.3 Å². The van der Waals surface area contributed by atoms with Crippen molar-refractivity contribution in [2.24, 2.45) is 5.41 Å². The Hall–Kier alpha value is 0.0800. The zero-order valence-electron chi connectivity index (χ0n) is 10.7. The first-order chi connectivity index (χ1) is 9.12. The SMILES string of the molecule is Clc1ccc(OC2CC(Br)C23CCCCC3)c(Cl)c1. The molecule has 1 aromatic carbocycles. The molecule has 2 aliphatic rings. The Kier molecular flexibility index (Phi) is 4.03. The minimum atomic E-state index is 0.288. The Labute approximate surface area is 132 Å². The zero-order valence-corrected chi connectivity index (χ0v) is 13.8. The summed E-state index contributed by atoms with van der Waals surface area (Å²) in [5.74, 6) is 0.764. The summed E-state index contributed by atoms with van der Waals surface area (Å²) in [4.78, 5) is 0.594. The van der Waals surface area contributed by atoms with Crippen molar-refractivity contribution in [1.82, 2.24) is 0 Å². The fraction of sp³-hybridized carbons (Fsp3) is 0.600. The van der Waals surface area contributed by atoms with Crippen LogP contribution in [0.15, 0.2) is 18.2 Å². The summed E-state index contributed by atoms with van der Waals surface area (Å²) < 4.78 is 6.18. The molecule has 2 aliphatic carbocycles. The van der Waals surface area contributed by atoms with Crippen LogP contribution in [0.4, 0.5) is 0 Å². The van der Waals surface area contributed by atoms with E-state index in [0.717, 1.165) is 12.2 Å². The molecule has 2 saturated carbocycles. The molecule has 0 amide bonds. The number of hydrogen-bond acceptors (Lipinski definition) is 1. The molecule has 2 atom stereocenters. The summed E-state index contributed by atoms with van der Waals surface area (Å²) in [6.45, 7) is 0. The average Bonchev–Trinajstić information content (AvgIpc) is 2.42. The van der Waals surface area contributed by atoms with Crippen LogP contribution in [0.1, 0.15) is 38.5 Å². The second-order valence-electron chi connectivity index (χ2n) is 5.68. The van der Waals surface area contributed by atoms with E-state index in [1.54, 1.807) is 6.07 Å². The molecule has 4 heteroatoms. The summed E-state index contributed by atoms with van der Waals surface area (Å²) in [6, 6.07) is 5.46. The van der Waals surface area contributed by atoms with Gasteiger partial charge in [0.1, 0.15) is 11.9 Å². The van der Waals surface area contributed by atoms with E-state index >= 15 is 0 Å². The first-order valence-corrected chi connectivity index (χ1v) is 8.55. The molecule has 1 aromatic rings. The van der Waals surface area contributed by atoms with E-state index < -0.39 is 0 Å². The van der Waals surface area contributed by atoms with Crippen molar-refractivity contribution >= 4 is 39.1 Å². The standard InChI is InChI=1S/C15H17BrCl2O/c16-13-9-14(15(13)6-2-1-3-7-15)19-12-5-4-10(17)8-11(12)18/h4-5,8,13-14H,1-3,6-7,9H2. The van der Waals surface area contributed by atoms with Gasteiger partial charge in [0.2, 0.25) is 0 Å². The lowest BCUT2D eigenvalue weighted by Gasteiger charge is -2.55. The van der Waals surface area contributed by atoms with Crippen LogP contribution in [0.5, 0.6) is 5.75 Å². The summed E-state index contributed by atoms with van der Waals surface area (Å²) in [5.41, 5.74) is 0.321. The Balaban J connectivity index is 1.76. The highest BCUT2D eigenvalue weighted by Gasteiger charge is 2.55. The molecule has 19 heavy (non-hydrogen) atoms. The molecule has 3 rings (SSSR count). The quantitative estimate of drug-likeness (QED) is 0.598. The predicted octanol–water partition coefficient (Wildman–Crippen LogP) is 5.86. The molecule has 0 N–H and O–H groups in total. The molecular formula is C15H17BrCl2O. The highest BCUT2D eigenvalue weighted by atomic mass is 79.9. The number of hydrogen-bond donors (Lipinski definition) is 0. The van der Waals surface area contributed by atoms with Crippen LogP contribution >= 0.6 is 39.1 Å². The maximum Gasteiger partial charge on any atom is 0.138 e. The molecule has 104 valence electrons. The van der Waals surface area contributed by atoms with Crippen LogP contribution in [0.3, 0.4) is 0 Å². The topological polar surface area (TPSA) is 9.23 Å². The third-order valence-electron chi connectivity index (χ3n) is 4.63. The van der Waals surface area contributed by atoms with Crippen molar-refractivity contribution in [2.75, 3.05) is 0 Å². The monoisotopic (exact) mass is 362 g/mol. The molecule has 0 aliphatic heterocycles. The van der Waals surface area contributed by atoms with Crippen LogP contribution in [-0.4, -0.2) is 10.9 Å². The molecular weight excluding hydrogens is 347 g/mol. The Morgan fingerprint density at radius 1 is 1.16 bits per heavy atom. The minimum Gasteiger partial charge on any atom is -0.488 e. The van der Waals surface area contributed by atoms with E-state index in [9.17, 15) is 0 Å². The van der Waals surface area contributed by atoms with Crippen molar-refractivity contribution < 1.29 is 4.74 Å². The van der Waals surface area contributed by atoms with Crippen LogP contribution in [0, 0.1) is 5.41 Å². The van der Waals surface area contributed by atoms with Gasteiger partial charge < -0.3 is 4.74 Å². The van der Waals surface area contributed by atoms with Gasteiger partial charge in [-0.2, -0.15) is 0 Å². The number of halogens is 3. The number of ether oxygens (including phenoxy) is 1. The van der Waals surface area contributed by atoms with Crippen LogP contribution in [0.25, 0.3) is 0 Å². The Morgan fingerprint density at radius 3 is 2.53 bits per heavy atom. The summed E-state index contributed by atoms with van der Waals surface area (Å²) in [5, 5.41) is 1.26. The molecule has 1 spiro atoms. The largest absolute Gasteiger partial charge is 0.488 e. The third-order valence-corrected chi connectivity index (χ3v) is 6.45. The zero-order chi connectivity index (χ0) is 13.5. The Bertz CT molecular complexity index is 471. The van der Waals surface area contributed by atoms with E-state index in [-0.39, 0.29) is 6.10 Å². The number of rotatable bonds is 2. The minimum absolute atomic E-state index is 0.288. The molecule has 1 nitrogen and oxygen atoms in total. The lowest BCUT2D eigenvalue weighted by Crippen LogP contribution is -2.57. The van der Waals surface area contributed by atoms with Crippen molar-refractivity contribution in [3.63, 3.8) is 0 Å².